The molecule has 1 aromatic rings. The number of hydrogen-bond acceptors (Lipinski definition) is 2. The molecule has 2 heterocycles. The second-order valence-electron chi connectivity index (χ2n) is 4.71. The summed E-state index contributed by atoms with van der Waals surface area (Å²) in [7, 11) is 0. The van der Waals surface area contributed by atoms with Crippen LogP contribution in [-0.4, -0.2) is 15.3 Å². The number of carbonyl (C=O) groups is 1. The largest absolute Gasteiger partial charge is 0.331 e. The molecule has 0 bridgehead atoms. The highest BCUT2D eigenvalue weighted by atomic mass is 16.1. The highest BCUT2D eigenvalue weighted by Gasteiger charge is 2.24. The molecule has 3 heteroatoms. The van der Waals surface area contributed by atoms with Crippen LogP contribution in [0, 0.1) is 5.92 Å². The van der Waals surface area contributed by atoms with Gasteiger partial charge in [0.1, 0.15) is 5.69 Å². The van der Waals surface area contributed by atoms with Gasteiger partial charge < -0.3 is 4.57 Å². The molecule has 0 radical (unpaired) electrons. The Balaban J connectivity index is 2.39. The number of aromatic nitrogens is 2. The van der Waals surface area contributed by atoms with Crippen LogP contribution < -0.4 is 0 Å². The molecule has 0 fully saturated rings. The van der Waals surface area contributed by atoms with Gasteiger partial charge in [0, 0.05) is 17.7 Å². The van der Waals surface area contributed by atoms with E-state index in [2.05, 4.69) is 16.5 Å². The van der Waals surface area contributed by atoms with Crippen LogP contribution in [0.4, 0.5) is 0 Å². The highest BCUT2D eigenvalue weighted by Crippen LogP contribution is 2.27. The van der Waals surface area contributed by atoms with Crippen LogP contribution in [0.3, 0.4) is 0 Å². The lowest BCUT2D eigenvalue weighted by molar-refractivity contribution is 0.0933. The number of hydrogen-bond donors (Lipinski definition) is 0. The molecular formula is C12H18N2O. The first-order valence-corrected chi connectivity index (χ1v) is 5.71. The number of fused-ring (bicyclic) bond motifs is 1. The van der Waals surface area contributed by atoms with E-state index in [9.17, 15) is 4.79 Å². The van der Waals surface area contributed by atoms with E-state index < -0.39 is 0 Å². The molecule has 1 aromatic heterocycles. The normalized spacial score (nSPS) is 20.4. The van der Waals surface area contributed by atoms with Crippen molar-refractivity contribution in [1.82, 2.24) is 9.55 Å². The average Bonchev–Trinajstić information content (AvgIpc) is 2.61. The molecule has 1 aliphatic heterocycles. The maximum absolute atomic E-state index is 11.9. The molecule has 1 atom stereocenters. The molecule has 15 heavy (non-hydrogen) atoms. The van der Waals surface area contributed by atoms with Crippen molar-refractivity contribution >= 4 is 5.78 Å². The van der Waals surface area contributed by atoms with Crippen molar-refractivity contribution < 1.29 is 4.79 Å². The maximum atomic E-state index is 11.9. The molecule has 1 unspecified atom stereocenters. The fourth-order valence-corrected chi connectivity index (χ4v) is 2.20. The Morgan fingerprint density at radius 3 is 3.00 bits per heavy atom. The predicted octanol–water partition coefficient (Wildman–Crippen LogP) is 2.62. The summed E-state index contributed by atoms with van der Waals surface area (Å²) in [4.78, 5) is 16.2. The third-order valence-electron chi connectivity index (χ3n) is 3.16. The summed E-state index contributed by atoms with van der Waals surface area (Å²) in [5.41, 5.74) is 1.85. The second-order valence-corrected chi connectivity index (χ2v) is 4.71. The van der Waals surface area contributed by atoms with Crippen LogP contribution in [0.1, 0.15) is 55.8 Å². The maximum Gasteiger partial charge on any atom is 0.185 e. The zero-order valence-electron chi connectivity index (χ0n) is 9.66. The lowest BCUT2D eigenvalue weighted by Crippen LogP contribution is -2.17. The van der Waals surface area contributed by atoms with Gasteiger partial charge in [-0.25, -0.2) is 4.98 Å². The Labute approximate surface area is 90.5 Å². The quantitative estimate of drug-likeness (QED) is 0.697. The van der Waals surface area contributed by atoms with Crippen LogP contribution in [-0.2, 0) is 6.42 Å². The topological polar surface area (TPSA) is 34.9 Å². The van der Waals surface area contributed by atoms with E-state index in [1.165, 1.54) is 12.8 Å². The van der Waals surface area contributed by atoms with Gasteiger partial charge in [-0.3, -0.25) is 4.79 Å². The Morgan fingerprint density at radius 1 is 1.60 bits per heavy atom. The first kappa shape index (κ1) is 10.4. The van der Waals surface area contributed by atoms with E-state index in [0.29, 0.717) is 11.7 Å². The number of Topliss-reactive ketones (excluding diaryl/α,β-unsaturated/α-hetero) is 1. The van der Waals surface area contributed by atoms with Gasteiger partial charge in [0.05, 0.1) is 6.33 Å². The summed E-state index contributed by atoms with van der Waals surface area (Å²) < 4.78 is 2.17. The van der Waals surface area contributed by atoms with Gasteiger partial charge in [0.2, 0.25) is 0 Å². The second kappa shape index (κ2) is 3.80. The van der Waals surface area contributed by atoms with Crippen LogP contribution in [0.15, 0.2) is 6.33 Å². The lowest BCUT2D eigenvalue weighted by Gasteiger charge is -2.22. The van der Waals surface area contributed by atoms with Crippen LogP contribution >= 0.6 is 0 Å². The highest BCUT2D eigenvalue weighted by molar-refractivity contribution is 5.96. The van der Waals surface area contributed by atoms with Crippen molar-refractivity contribution in [1.29, 1.82) is 0 Å². The molecular weight excluding hydrogens is 188 g/mol. The molecule has 3 nitrogen and oxygen atoms in total. The van der Waals surface area contributed by atoms with Crippen molar-refractivity contribution in [3.8, 4) is 0 Å². The molecule has 0 saturated carbocycles. The number of rotatable bonds is 2. The minimum atomic E-state index is 0.0434. The Hall–Kier alpha value is -1.12. The molecule has 1 aliphatic rings. The van der Waals surface area contributed by atoms with E-state index in [0.717, 1.165) is 12.1 Å². The number of ketones is 1. The zero-order valence-corrected chi connectivity index (χ0v) is 9.66. The SMILES string of the molecule is CC(C)C(=O)c1ncn2c1CCCC2C. The molecule has 0 aliphatic carbocycles. The van der Waals surface area contributed by atoms with Gasteiger partial charge in [-0.2, -0.15) is 0 Å². The van der Waals surface area contributed by atoms with E-state index in [4.69, 9.17) is 0 Å². The number of nitrogens with zero attached hydrogens (tertiary/aromatic N) is 2. The zero-order chi connectivity index (χ0) is 11.0. The monoisotopic (exact) mass is 206 g/mol. The van der Waals surface area contributed by atoms with Crippen molar-refractivity contribution in [3.05, 3.63) is 17.7 Å². The first-order valence-electron chi connectivity index (χ1n) is 5.71. The Morgan fingerprint density at radius 2 is 2.33 bits per heavy atom. The van der Waals surface area contributed by atoms with Crippen LogP contribution in [0.2, 0.25) is 0 Å². The van der Waals surface area contributed by atoms with E-state index in [-0.39, 0.29) is 11.7 Å². The van der Waals surface area contributed by atoms with Crippen LogP contribution in [0.5, 0.6) is 0 Å². The van der Waals surface area contributed by atoms with Gasteiger partial charge in [-0.15, -0.1) is 0 Å². The molecule has 2 rings (SSSR count). The van der Waals surface area contributed by atoms with Crippen LogP contribution in [0.25, 0.3) is 0 Å². The Kier molecular flexibility index (Phi) is 2.63. The summed E-state index contributed by atoms with van der Waals surface area (Å²) in [5, 5.41) is 0. The third kappa shape index (κ3) is 1.71. The smallest absolute Gasteiger partial charge is 0.185 e. The summed E-state index contributed by atoms with van der Waals surface area (Å²) >= 11 is 0. The first-order chi connectivity index (χ1) is 7.11. The minimum absolute atomic E-state index is 0.0434. The van der Waals surface area contributed by atoms with E-state index in [1.54, 1.807) is 0 Å². The van der Waals surface area contributed by atoms with Crippen molar-refractivity contribution in [2.24, 2.45) is 5.92 Å². The van der Waals surface area contributed by atoms with Crippen molar-refractivity contribution in [3.63, 3.8) is 0 Å². The molecule has 0 saturated heterocycles. The van der Waals surface area contributed by atoms with E-state index in [1.807, 2.05) is 20.2 Å². The minimum Gasteiger partial charge on any atom is -0.331 e. The van der Waals surface area contributed by atoms with E-state index >= 15 is 0 Å². The van der Waals surface area contributed by atoms with Gasteiger partial charge >= 0.3 is 0 Å². The average molecular weight is 206 g/mol. The van der Waals surface area contributed by atoms with Crippen molar-refractivity contribution in [2.75, 3.05) is 0 Å². The molecule has 0 N–H and O–H groups in total. The summed E-state index contributed by atoms with van der Waals surface area (Å²) in [6, 6.07) is 0.495. The molecule has 0 aromatic carbocycles. The Bertz CT molecular complexity index is 379. The standard InChI is InChI=1S/C12H18N2O/c1-8(2)12(15)11-10-6-4-5-9(3)14(10)7-13-11/h7-9H,4-6H2,1-3H3. The summed E-state index contributed by atoms with van der Waals surface area (Å²) in [6.45, 7) is 6.05. The van der Waals surface area contributed by atoms with Gasteiger partial charge in [0.15, 0.2) is 5.78 Å². The van der Waals surface area contributed by atoms with Gasteiger partial charge in [-0.05, 0) is 26.2 Å². The van der Waals surface area contributed by atoms with Gasteiger partial charge in [0.25, 0.3) is 0 Å². The third-order valence-corrected chi connectivity index (χ3v) is 3.16. The molecule has 82 valence electrons. The number of carbonyl (C=O) groups excluding carboxylic acids is 1. The number of imidazole rings is 1. The lowest BCUT2D eigenvalue weighted by atomic mass is 9.98. The predicted molar refractivity (Wildman–Crippen MR) is 59.0 cm³/mol. The molecule has 0 spiro atoms. The fourth-order valence-electron chi connectivity index (χ4n) is 2.20. The van der Waals surface area contributed by atoms with Gasteiger partial charge in [-0.1, -0.05) is 13.8 Å². The summed E-state index contributed by atoms with van der Waals surface area (Å²) in [6.07, 6.45) is 5.19. The van der Waals surface area contributed by atoms with Crippen molar-refractivity contribution in [2.45, 2.75) is 46.1 Å². The fraction of sp³-hybridized carbons (Fsp3) is 0.667. The molecule has 0 amide bonds. The summed E-state index contributed by atoms with van der Waals surface area (Å²) in [5.74, 6) is 0.222.